The molecule has 182 valence electrons. The first-order valence-electron chi connectivity index (χ1n) is 11.0. The SMILES string of the molecule is CCCCn1c(N)c(N(CCOC)C(=O)c2ccc(-n3nc(C)c(Cl)c3C)cc2)c(=O)[nH]c1=O. The summed E-state index contributed by atoms with van der Waals surface area (Å²) in [4.78, 5) is 42.0. The number of amides is 1. The molecule has 0 aliphatic carbocycles. The summed E-state index contributed by atoms with van der Waals surface area (Å²) in [5.41, 5.74) is 7.38. The van der Waals surface area contributed by atoms with Gasteiger partial charge in [-0.3, -0.25) is 24.0 Å². The summed E-state index contributed by atoms with van der Waals surface area (Å²) >= 11 is 6.25. The van der Waals surface area contributed by atoms with E-state index in [9.17, 15) is 14.4 Å². The number of hydrogen-bond donors (Lipinski definition) is 2. The zero-order chi connectivity index (χ0) is 25.0. The van der Waals surface area contributed by atoms with E-state index in [0.29, 0.717) is 29.2 Å². The first-order valence-corrected chi connectivity index (χ1v) is 11.3. The first-order chi connectivity index (χ1) is 16.2. The number of nitrogen functional groups attached to an aromatic ring is 1. The number of ether oxygens (including phenoxy) is 1. The Kier molecular flexibility index (Phi) is 7.95. The predicted octanol–water partition coefficient (Wildman–Crippen LogP) is 2.67. The second-order valence-corrected chi connectivity index (χ2v) is 8.27. The maximum Gasteiger partial charge on any atom is 0.330 e. The van der Waals surface area contributed by atoms with E-state index >= 15 is 0 Å². The highest BCUT2D eigenvalue weighted by Crippen LogP contribution is 2.24. The van der Waals surface area contributed by atoms with Crippen molar-refractivity contribution in [1.82, 2.24) is 19.3 Å². The molecule has 0 saturated heterocycles. The fraction of sp³-hybridized carbons (Fsp3) is 0.391. The maximum absolute atomic E-state index is 13.5. The summed E-state index contributed by atoms with van der Waals surface area (Å²) in [5.74, 6) is -0.506. The molecular weight excluding hydrogens is 460 g/mol. The number of nitrogens with two attached hydrogens (primary N) is 1. The van der Waals surface area contributed by atoms with Crippen LogP contribution < -0.4 is 21.9 Å². The second kappa shape index (κ2) is 10.7. The summed E-state index contributed by atoms with van der Waals surface area (Å²) in [6.45, 7) is 6.23. The van der Waals surface area contributed by atoms with E-state index in [-0.39, 0.29) is 24.7 Å². The van der Waals surface area contributed by atoms with E-state index in [1.54, 1.807) is 28.9 Å². The van der Waals surface area contributed by atoms with E-state index in [1.807, 2.05) is 20.8 Å². The van der Waals surface area contributed by atoms with Crippen LogP contribution in [0.1, 0.15) is 41.5 Å². The van der Waals surface area contributed by atoms with Gasteiger partial charge in [-0.05, 0) is 44.5 Å². The molecule has 3 aromatic rings. The van der Waals surface area contributed by atoms with Gasteiger partial charge in [-0.25, -0.2) is 9.48 Å². The fourth-order valence-electron chi connectivity index (χ4n) is 3.65. The lowest BCUT2D eigenvalue weighted by Gasteiger charge is -2.24. The van der Waals surface area contributed by atoms with E-state index in [4.69, 9.17) is 22.1 Å². The van der Waals surface area contributed by atoms with Crippen molar-refractivity contribution in [3.05, 3.63) is 67.1 Å². The topological polar surface area (TPSA) is 128 Å². The van der Waals surface area contributed by atoms with Crippen LogP contribution in [0.15, 0.2) is 33.9 Å². The third-order valence-corrected chi connectivity index (χ3v) is 6.09. The smallest absolute Gasteiger partial charge is 0.330 e. The number of halogens is 1. The molecule has 0 bridgehead atoms. The van der Waals surface area contributed by atoms with Crippen LogP contribution in [0.25, 0.3) is 5.69 Å². The van der Waals surface area contributed by atoms with E-state index in [0.717, 1.165) is 17.8 Å². The van der Waals surface area contributed by atoms with Gasteiger partial charge < -0.3 is 10.5 Å². The first kappa shape index (κ1) is 25.3. The van der Waals surface area contributed by atoms with Crippen LogP contribution in [0.3, 0.4) is 0 Å². The number of carbonyl (C=O) groups excluding carboxylic acids is 1. The van der Waals surface area contributed by atoms with Gasteiger partial charge in [-0.2, -0.15) is 5.10 Å². The number of carbonyl (C=O) groups is 1. The summed E-state index contributed by atoms with van der Waals surface area (Å²) in [7, 11) is 1.49. The van der Waals surface area contributed by atoms with Gasteiger partial charge in [0, 0.05) is 25.8 Å². The van der Waals surface area contributed by atoms with Gasteiger partial charge in [0.15, 0.2) is 5.69 Å². The van der Waals surface area contributed by atoms with Gasteiger partial charge in [0.25, 0.3) is 11.5 Å². The molecule has 11 heteroatoms. The molecule has 0 radical (unpaired) electrons. The van der Waals surface area contributed by atoms with Gasteiger partial charge in [-0.1, -0.05) is 24.9 Å². The van der Waals surface area contributed by atoms with Crippen molar-refractivity contribution in [2.24, 2.45) is 0 Å². The number of aromatic nitrogens is 4. The van der Waals surface area contributed by atoms with Gasteiger partial charge >= 0.3 is 5.69 Å². The molecule has 0 unspecified atom stereocenters. The number of unbranched alkanes of at least 4 members (excludes halogenated alkanes) is 1. The Morgan fingerprint density at radius 2 is 1.91 bits per heavy atom. The number of nitrogens with zero attached hydrogens (tertiary/aromatic N) is 4. The minimum atomic E-state index is -0.728. The Balaban J connectivity index is 2.02. The zero-order valence-electron chi connectivity index (χ0n) is 19.7. The lowest BCUT2D eigenvalue weighted by molar-refractivity contribution is 0.0975. The molecule has 34 heavy (non-hydrogen) atoms. The summed E-state index contributed by atoms with van der Waals surface area (Å²) in [5, 5.41) is 5.00. The van der Waals surface area contributed by atoms with Gasteiger partial charge in [0.05, 0.1) is 28.7 Å². The van der Waals surface area contributed by atoms with Crippen molar-refractivity contribution >= 4 is 29.0 Å². The standard InChI is InChI=1S/C23H29ClN6O4/c1-5-6-11-29-20(25)19(21(31)26-23(29)33)28(12-13-34-4)22(32)16-7-9-17(10-8-16)30-15(3)18(24)14(2)27-30/h7-10H,5-6,11-13,25H2,1-4H3,(H,26,31,33). The molecule has 0 aliphatic heterocycles. The molecule has 0 saturated carbocycles. The number of aryl methyl sites for hydroxylation is 1. The molecule has 2 aromatic heterocycles. The molecular formula is C23H29ClN6O4. The Bertz CT molecular complexity index is 1290. The molecule has 3 rings (SSSR count). The number of H-pyrrole nitrogens is 1. The van der Waals surface area contributed by atoms with Crippen molar-refractivity contribution in [3.8, 4) is 5.69 Å². The lowest BCUT2D eigenvalue weighted by Crippen LogP contribution is -2.42. The van der Waals surface area contributed by atoms with E-state index in [1.165, 1.54) is 16.6 Å². The molecule has 1 aromatic carbocycles. The van der Waals surface area contributed by atoms with E-state index in [2.05, 4.69) is 10.1 Å². The molecule has 0 aliphatic rings. The van der Waals surface area contributed by atoms with Crippen LogP contribution in [0, 0.1) is 13.8 Å². The molecule has 3 N–H and O–H groups in total. The van der Waals surface area contributed by atoms with Crippen LogP contribution in [0.2, 0.25) is 5.02 Å². The highest BCUT2D eigenvalue weighted by atomic mass is 35.5. The number of rotatable bonds is 9. The zero-order valence-corrected chi connectivity index (χ0v) is 20.5. The van der Waals surface area contributed by atoms with Crippen LogP contribution in [-0.2, 0) is 11.3 Å². The summed E-state index contributed by atoms with van der Waals surface area (Å²) in [6, 6.07) is 6.76. The molecule has 2 heterocycles. The van der Waals surface area contributed by atoms with Gasteiger partial charge in [0.2, 0.25) is 0 Å². The Labute approximate surface area is 201 Å². The van der Waals surface area contributed by atoms with Crippen LogP contribution in [0.5, 0.6) is 0 Å². The van der Waals surface area contributed by atoms with Crippen molar-refractivity contribution in [2.45, 2.75) is 40.2 Å². The lowest BCUT2D eigenvalue weighted by atomic mass is 10.1. The Hall–Kier alpha value is -3.37. The molecule has 10 nitrogen and oxygen atoms in total. The van der Waals surface area contributed by atoms with E-state index < -0.39 is 17.2 Å². The fourth-order valence-corrected chi connectivity index (χ4v) is 3.77. The van der Waals surface area contributed by atoms with Crippen molar-refractivity contribution in [3.63, 3.8) is 0 Å². The average molecular weight is 489 g/mol. The largest absolute Gasteiger partial charge is 0.383 e. The van der Waals surface area contributed by atoms with Crippen LogP contribution in [-0.4, -0.2) is 45.5 Å². The van der Waals surface area contributed by atoms with Crippen LogP contribution in [0.4, 0.5) is 11.5 Å². The van der Waals surface area contributed by atoms with Crippen molar-refractivity contribution in [2.75, 3.05) is 30.9 Å². The number of anilines is 2. The van der Waals surface area contributed by atoms with Crippen LogP contribution >= 0.6 is 11.6 Å². The normalized spacial score (nSPS) is 11.1. The average Bonchev–Trinajstić information content (AvgIpc) is 3.07. The second-order valence-electron chi connectivity index (χ2n) is 7.89. The van der Waals surface area contributed by atoms with Gasteiger partial charge in [-0.15, -0.1) is 0 Å². The highest BCUT2D eigenvalue weighted by molar-refractivity contribution is 6.31. The maximum atomic E-state index is 13.5. The number of benzene rings is 1. The third-order valence-electron chi connectivity index (χ3n) is 5.55. The Morgan fingerprint density at radius 3 is 2.47 bits per heavy atom. The summed E-state index contributed by atoms with van der Waals surface area (Å²) < 4.78 is 8.12. The molecule has 0 spiro atoms. The van der Waals surface area contributed by atoms with Crippen molar-refractivity contribution in [1.29, 1.82) is 0 Å². The third kappa shape index (κ3) is 4.92. The summed E-state index contributed by atoms with van der Waals surface area (Å²) in [6.07, 6.45) is 1.53. The number of hydrogen-bond acceptors (Lipinski definition) is 6. The van der Waals surface area contributed by atoms with Crippen molar-refractivity contribution < 1.29 is 9.53 Å². The Morgan fingerprint density at radius 1 is 1.24 bits per heavy atom. The minimum absolute atomic E-state index is 0.0550. The quantitative estimate of drug-likeness (QED) is 0.476. The molecule has 1 amide bonds. The molecule has 0 atom stereocenters. The predicted molar refractivity (Wildman–Crippen MR) is 132 cm³/mol. The van der Waals surface area contributed by atoms with Gasteiger partial charge in [0.1, 0.15) is 5.82 Å². The molecule has 0 fully saturated rings. The number of nitrogens with one attached hydrogen (secondary N) is 1. The number of aromatic amines is 1. The minimum Gasteiger partial charge on any atom is -0.383 e. The highest BCUT2D eigenvalue weighted by Gasteiger charge is 2.25. The number of methoxy groups -OCH3 is 1. The monoisotopic (exact) mass is 488 g/mol.